The van der Waals surface area contributed by atoms with Crippen LogP contribution in [0.3, 0.4) is 0 Å². The first kappa shape index (κ1) is 23.4. The number of urea groups is 1. The lowest BCUT2D eigenvalue weighted by Crippen LogP contribution is -2.50. The zero-order valence-electron chi connectivity index (χ0n) is 19.0. The Bertz CT molecular complexity index is 1100. The highest BCUT2D eigenvalue weighted by molar-refractivity contribution is 5.99. The molecule has 0 aliphatic carbocycles. The number of benzene rings is 1. The second kappa shape index (κ2) is 9.50. The highest BCUT2D eigenvalue weighted by Gasteiger charge is 2.23. The van der Waals surface area contributed by atoms with E-state index in [0.717, 1.165) is 31.5 Å². The summed E-state index contributed by atoms with van der Waals surface area (Å²) in [7, 11) is 0. The van der Waals surface area contributed by atoms with E-state index in [1.807, 2.05) is 0 Å². The number of nitrogens with zero attached hydrogens (tertiary/aromatic N) is 2. The first-order valence-corrected chi connectivity index (χ1v) is 10.9. The number of hydrogen-bond acceptors (Lipinski definition) is 6. The molecule has 32 heavy (non-hydrogen) atoms. The standard InChI is InChI=1S/C23H30N4O5/c1-14(19(28)25-22(31)26-23(2,3)4)32-21(30)15-10-11-16-17(13-15)24-18-9-7-5-6-8-12-27(18)20(16)29/h10-11,13-14H,5-9,12H2,1-4H3,(H2,25,26,28,31)/t14-/m0/s1. The number of carbonyl (C=O) groups is 3. The van der Waals surface area contributed by atoms with Crippen LogP contribution in [0.1, 0.15) is 69.6 Å². The lowest BCUT2D eigenvalue weighted by atomic mass is 10.1. The summed E-state index contributed by atoms with van der Waals surface area (Å²) < 4.78 is 6.95. The van der Waals surface area contributed by atoms with Crippen LogP contribution in [-0.4, -0.2) is 39.1 Å². The maximum atomic E-state index is 12.9. The van der Waals surface area contributed by atoms with E-state index in [9.17, 15) is 19.2 Å². The van der Waals surface area contributed by atoms with Gasteiger partial charge < -0.3 is 10.1 Å². The van der Waals surface area contributed by atoms with Crippen molar-refractivity contribution in [3.05, 3.63) is 39.9 Å². The Morgan fingerprint density at radius 2 is 1.84 bits per heavy atom. The number of rotatable bonds is 3. The number of fused-ring (bicyclic) bond motifs is 2. The van der Waals surface area contributed by atoms with E-state index in [0.29, 0.717) is 23.9 Å². The van der Waals surface area contributed by atoms with Crippen LogP contribution >= 0.6 is 0 Å². The Morgan fingerprint density at radius 3 is 2.56 bits per heavy atom. The van der Waals surface area contributed by atoms with Crippen LogP contribution in [-0.2, 0) is 22.5 Å². The molecular formula is C23H30N4O5. The number of imide groups is 1. The predicted octanol–water partition coefficient (Wildman–Crippen LogP) is 2.68. The lowest BCUT2D eigenvalue weighted by Gasteiger charge is -2.21. The van der Waals surface area contributed by atoms with Gasteiger partial charge in [0.2, 0.25) is 0 Å². The first-order chi connectivity index (χ1) is 15.0. The summed E-state index contributed by atoms with van der Waals surface area (Å²) in [4.78, 5) is 54.1. The molecule has 2 N–H and O–H groups in total. The number of aryl methyl sites for hydroxylation is 1. The van der Waals surface area contributed by atoms with Crippen molar-refractivity contribution < 1.29 is 19.1 Å². The number of nitrogens with one attached hydrogen (secondary N) is 2. The van der Waals surface area contributed by atoms with E-state index in [1.165, 1.54) is 19.1 Å². The van der Waals surface area contributed by atoms with Crippen LogP contribution in [0.4, 0.5) is 4.79 Å². The molecule has 9 heteroatoms. The van der Waals surface area contributed by atoms with Gasteiger partial charge in [-0.25, -0.2) is 14.6 Å². The van der Waals surface area contributed by atoms with Gasteiger partial charge in [-0.1, -0.05) is 12.8 Å². The number of aromatic nitrogens is 2. The fourth-order valence-corrected chi connectivity index (χ4v) is 3.59. The normalized spacial score (nSPS) is 15.1. The van der Waals surface area contributed by atoms with Gasteiger partial charge in [-0.3, -0.25) is 19.5 Å². The molecule has 9 nitrogen and oxygen atoms in total. The number of ether oxygens (including phenoxy) is 1. The zero-order chi connectivity index (χ0) is 23.5. The molecule has 0 unspecified atom stereocenters. The Kier molecular flexibility index (Phi) is 6.96. The second-order valence-electron chi connectivity index (χ2n) is 9.12. The van der Waals surface area contributed by atoms with Crippen molar-refractivity contribution >= 4 is 28.8 Å². The highest BCUT2D eigenvalue weighted by Crippen LogP contribution is 2.17. The molecule has 1 aromatic carbocycles. The third-order valence-electron chi connectivity index (χ3n) is 5.18. The fourth-order valence-electron chi connectivity index (χ4n) is 3.59. The average molecular weight is 443 g/mol. The Hall–Kier alpha value is -3.23. The summed E-state index contributed by atoms with van der Waals surface area (Å²) in [6, 6.07) is 3.89. The van der Waals surface area contributed by atoms with Gasteiger partial charge >= 0.3 is 12.0 Å². The topological polar surface area (TPSA) is 119 Å². The Balaban J connectivity index is 1.75. The molecule has 172 valence electrons. The van der Waals surface area contributed by atoms with Crippen molar-refractivity contribution in [2.24, 2.45) is 0 Å². The molecule has 0 spiro atoms. The summed E-state index contributed by atoms with van der Waals surface area (Å²) >= 11 is 0. The smallest absolute Gasteiger partial charge is 0.338 e. The Labute approximate surface area is 186 Å². The van der Waals surface area contributed by atoms with Gasteiger partial charge in [-0.15, -0.1) is 0 Å². The minimum Gasteiger partial charge on any atom is -0.449 e. The molecule has 1 aliphatic heterocycles. The van der Waals surface area contributed by atoms with Crippen LogP contribution in [0.15, 0.2) is 23.0 Å². The number of carbonyl (C=O) groups excluding carboxylic acids is 3. The lowest BCUT2D eigenvalue weighted by molar-refractivity contribution is -0.127. The van der Waals surface area contributed by atoms with E-state index in [4.69, 9.17) is 4.74 Å². The summed E-state index contributed by atoms with van der Waals surface area (Å²) in [6.07, 6.45) is 3.64. The molecule has 3 rings (SSSR count). The SMILES string of the molecule is C[C@H](OC(=O)c1ccc2c(=O)n3c(nc2c1)CCCCCC3)C(=O)NC(=O)NC(C)(C)C. The van der Waals surface area contributed by atoms with Gasteiger partial charge in [0, 0.05) is 18.5 Å². The minimum absolute atomic E-state index is 0.107. The molecule has 0 bridgehead atoms. The monoisotopic (exact) mass is 442 g/mol. The van der Waals surface area contributed by atoms with Crippen molar-refractivity contribution in [2.45, 2.75) is 78.0 Å². The van der Waals surface area contributed by atoms with Gasteiger partial charge in [0.05, 0.1) is 16.5 Å². The molecule has 0 fully saturated rings. The van der Waals surface area contributed by atoms with Crippen LogP contribution in [0.2, 0.25) is 0 Å². The Morgan fingerprint density at radius 1 is 1.12 bits per heavy atom. The predicted molar refractivity (Wildman–Crippen MR) is 119 cm³/mol. The molecule has 3 amide bonds. The summed E-state index contributed by atoms with van der Waals surface area (Å²) in [5.41, 5.74) is -0.0142. The highest BCUT2D eigenvalue weighted by atomic mass is 16.5. The fraction of sp³-hybridized carbons (Fsp3) is 0.522. The summed E-state index contributed by atoms with van der Waals surface area (Å²) in [5, 5.41) is 5.19. The second-order valence-corrected chi connectivity index (χ2v) is 9.12. The number of hydrogen-bond donors (Lipinski definition) is 2. The van der Waals surface area contributed by atoms with E-state index >= 15 is 0 Å². The van der Waals surface area contributed by atoms with E-state index in [2.05, 4.69) is 15.6 Å². The minimum atomic E-state index is -1.18. The zero-order valence-corrected chi connectivity index (χ0v) is 19.0. The molecule has 2 aromatic rings. The quantitative estimate of drug-likeness (QED) is 0.706. The van der Waals surface area contributed by atoms with E-state index in [-0.39, 0.29) is 11.1 Å². The molecule has 0 saturated heterocycles. The van der Waals surface area contributed by atoms with Crippen molar-refractivity contribution in [2.75, 3.05) is 0 Å². The van der Waals surface area contributed by atoms with Crippen LogP contribution in [0, 0.1) is 0 Å². The molecule has 2 heterocycles. The molecule has 0 saturated carbocycles. The number of esters is 1. The molecule has 1 aliphatic rings. The molecule has 1 atom stereocenters. The van der Waals surface area contributed by atoms with E-state index in [1.54, 1.807) is 31.4 Å². The third kappa shape index (κ3) is 5.72. The average Bonchev–Trinajstić information content (AvgIpc) is 2.67. The molecule has 1 aromatic heterocycles. The number of amides is 3. The molecule has 0 radical (unpaired) electrons. The van der Waals surface area contributed by atoms with Crippen LogP contribution in [0.25, 0.3) is 10.9 Å². The van der Waals surface area contributed by atoms with Gasteiger partial charge in [0.15, 0.2) is 6.10 Å². The summed E-state index contributed by atoms with van der Waals surface area (Å²) in [6.45, 7) is 7.37. The van der Waals surface area contributed by atoms with Crippen molar-refractivity contribution in [1.29, 1.82) is 0 Å². The van der Waals surface area contributed by atoms with Crippen molar-refractivity contribution in [3.8, 4) is 0 Å². The van der Waals surface area contributed by atoms with Crippen molar-refractivity contribution in [3.63, 3.8) is 0 Å². The molecular weight excluding hydrogens is 412 g/mol. The van der Waals surface area contributed by atoms with Crippen LogP contribution < -0.4 is 16.2 Å². The van der Waals surface area contributed by atoms with E-state index < -0.39 is 29.6 Å². The van der Waals surface area contributed by atoms with Gasteiger partial charge in [0.25, 0.3) is 11.5 Å². The summed E-state index contributed by atoms with van der Waals surface area (Å²) in [5.74, 6) is -0.747. The van der Waals surface area contributed by atoms with Gasteiger partial charge in [0.1, 0.15) is 5.82 Å². The first-order valence-electron chi connectivity index (χ1n) is 10.9. The largest absolute Gasteiger partial charge is 0.449 e. The maximum Gasteiger partial charge on any atom is 0.338 e. The van der Waals surface area contributed by atoms with Crippen molar-refractivity contribution in [1.82, 2.24) is 20.2 Å². The van der Waals surface area contributed by atoms with Gasteiger partial charge in [-0.2, -0.15) is 0 Å². The van der Waals surface area contributed by atoms with Crippen LogP contribution in [0.5, 0.6) is 0 Å². The maximum absolute atomic E-state index is 12.9. The van der Waals surface area contributed by atoms with Gasteiger partial charge in [-0.05, 0) is 58.7 Å². The third-order valence-corrected chi connectivity index (χ3v) is 5.18.